The molecule has 0 atom stereocenters. The van der Waals surface area contributed by atoms with Gasteiger partial charge in [0.05, 0.1) is 0 Å². The molecule has 0 bridgehead atoms. The smallest absolute Gasteiger partial charge is 0.0163 e. The molecular weight excluding hydrogens is 629 g/mol. The Hall–Kier alpha value is -3.39. The maximum absolute atomic E-state index is 4.58. The van der Waals surface area contributed by atoms with E-state index in [-0.39, 0.29) is 25.5 Å². The van der Waals surface area contributed by atoms with Crippen molar-refractivity contribution in [2.45, 2.75) is 40.0 Å². The number of nitrogens with zero attached hydrogens (tertiary/aromatic N) is 2. The Balaban J connectivity index is 0.000000186. The number of hydrogen-bond donors (Lipinski definition) is 0. The second kappa shape index (κ2) is 10.9. The zero-order valence-electron chi connectivity index (χ0n) is 21.9. The average Bonchev–Trinajstić information content (AvgIpc) is 3.12. The van der Waals surface area contributed by atoms with Gasteiger partial charge in [-0.1, -0.05) is 73.9 Å². The van der Waals surface area contributed by atoms with Crippen molar-refractivity contribution in [1.29, 1.82) is 0 Å². The van der Waals surface area contributed by atoms with E-state index in [0.29, 0.717) is 0 Å². The van der Waals surface area contributed by atoms with Crippen molar-refractivity contribution in [3.8, 4) is 33.6 Å². The molecule has 0 saturated heterocycles. The SMILES string of the molecule is Cc1cc[c-]c(-c2cc(C)ccn2)c1.Cc1ccnc(-c2[c-]ccc3c2C(C)(C)c2ccccc2-3)c1.[Ir]. The normalized spacial score (nSPS) is 12.5. The van der Waals surface area contributed by atoms with Gasteiger partial charge in [-0.3, -0.25) is 0 Å². The summed E-state index contributed by atoms with van der Waals surface area (Å²) in [6.07, 6.45) is 3.72. The first-order valence-electron chi connectivity index (χ1n) is 12.3. The van der Waals surface area contributed by atoms with Gasteiger partial charge in [-0.05, 0) is 53.9 Å². The van der Waals surface area contributed by atoms with Crippen LogP contribution in [0, 0.1) is 32.9 Å². The second-order valence-electron chi connectivity index (χ2n) is 10.0. The molecule has 3 aromatic carbocycles. The third-order valence-electron chi connectivity index (χ3n) is 6.83. The summed E-state index contributed by atoms with van der Waals surface area (Å²) in [6, 6.07) is 33.9. The number of fused-ring (bicyclic) bond motifs is 3. The van der Waals surface area contributed by atoms with E-state index in [1.165, 1.54) is 38.9 Å². The Kier molecular flexibility index (Phi) is 7.87. The Labute approximate surface area is 234 Å². The van der Waals surface area contributed by atoms with Gasteiger partial charge in [-0.25, -0.2) is 0 Å². The first-order valence-corrected chi connectivity index (χ1v) is 12.3. The average molecular weight is 659 g/mol. The molecular formula is C34H30IrN2-2. The maximum atomic E-state index is 4.58. The standard InChI is InChI=1S/C21H18N.C13H12N.Ir/c1-14-11-12-22-19(13-14)17-9-6-8-16-15-7-4-5-10-18(15)21(2,3)20(16)17;1-10-4-3-5-12(8-10)13-9-11(2)6-7-14-13;/h4-8,10-13H,1-3H3;3-4,6-9H,1-2H3;/q2*-1;. The number of hydrogen-bond acceptors (Lipinski definition) is 2. The Morgan fingerprint density at radius 3 is 1.97 bits per heavy atom. The van der Waals surface area contributed by atoms with Crippen LogP contribution in [0.25, 0.3) is 33.6 Å². The topological polar surface area (TPSA) is 25.8 Å². The van der Waals surface area contributed by atoms with Crippen molar-refractivity contribution in [1.82, 2.24) is 9.97 Å². The third-order valence-corrected chi connectivity index (χ3v) is 6.83. The number of pyridine rings is 2. The summed E-state index contributed by atoms with van der Waals surface area (Å²) < 4.78 is 0. The predicted molar refractivity (Wildman–Crippen MR) is 149 cm³/mol. The van der Waals surface area contributed by atoms with Crippen LogP contribution >= 0.6 is 0 Å². The fourth-order valence-electron chi connectivity index (χ4n) is 5.06. The molecule has 0 N–H and O–H groups in total. The van der Waals surface area contributed by atoms with E-state index in [1.54, 1.807) is 0 Å². The Bertz CT molecular complexity index is 1510. The molecule has 2 heterocycles. The number of rotatable bonds is 2. The van der Waals surface area contributed by atoms with Gasteiger partial charge < -0.3 is 9.97 Å². The van der Waals surface area contributed by atoms with Gasteiger partial charge in [0.2, 0.25) is 0 Å². The van der Waals surface area contributed by atoms with E-state index >= 15 is 0 Å². The van der Waals surface area contributed by atoms with Gasteiger partial charge in [0, 0.05) is 32.5 Å². The molecule has 0 spiro atoms. The van der Waals surface area contributed by atoms with Crippen LogP contribution in [-0.4, -0.2) is 9.97 Å². The van der Waals surface area contributed by atoms with E-state index < -0.39 is 0 Å². The predicted octanol–water partition coefficient (Wildman–Crippen LogP) is 8.33. The summed E-state index contributed by atoms with van der Waals surface area (Å²) >= 11 is 0. The van der Waals surface area contributed by atoms with Gasteiger partial charge in [0.1, 0.15) is 0 Å². The number of benzene rings is 3. The largest absolute Gasteiger partial charge is 0.305 e. The molecule has 0 saturated carbocycles. The summed E-state index contributed by atoms with van der Waals surface area (Å²) in [4.78, 5) is 8.90. The molecule has 1 aliphatic carbocycles. The minimum Gasteiger partial charge on any atom is -0.305 e. The minimum atomic E-state index is -0.0234. The molecule has 1 radical (unpaired) electrons. The van der Waals surface area contributed by atoms with Crippen molar-refractivity contribution in [2.75, 3.05) is 0 Å². The molecule has 0 amide bonds. The minimum absolute atomic E-state index is 0. The van der Waals surface area contributed by atoms with Crippen LogP contribution in [0.1, 0.15) is 41.7 Å². The van der Waals surface area contributed by atoms with Crippen molar-refractivity contribution in [2.24, 2.45) is 0 Å². The molecule has 187 valence electrons. The van der Waals surface area contributed by atoms with Crippen LogP contribution in [-0.2, 0) is 25.5 Å². The number of aryl methyl sites for hydroxylation is 3. The maximum Gasteiger partial charge on any atom is 0.0163 e. The van der Waals surface area contributed by atoms with Gasteiger partial charge in [-0.15, -0.1) is 64.7 Å². The van der Waals surface area contributed by atoms with Crippen molar-refractivity contribution in [3.05, 3.63) is 131 Å². The monoisotopic (exact) mass is 659 g/mol. The first kappa shape index (κ1) is 26.7. The third kappa shape index (κ3) is 5.34. The van der Waals surface area contributed by atoms with Crippen molar-refractivity contribution < 1.29 is 20.1 Å². The quantitative estimate of drug-likeness (QED) is 0.178. The molecule has 3 heteroatoms. The van der Waals surface area contributed by atoms with Crippen LogP contribution in [0.5, 0.6) is 0 Å². The molecule has 0 unspecified atom stereocenters. The molecule has 5 aromatic rings. The van der Waals surface area contributed by atoms with E-state index in [2.05, 4.69) is 105 Å². The summed E-state index contributed by atoms with van der Waals surface area (Å²) in [5.41, 5.74) is 13.2. The zero-order chi connectivity index (χ0) is 25.3. The molecule has 2 nitrogen and oxygen atoms in total. The fraction of sp³-hybridized carbons (Fsp3) is 0.176. The van der Waals surface area contributed by atoms with Gasteiger partial charge >= 0.3 is 0 Å². The molecule has 0 aliphatic heterocycles. The van der Waals surface area contributed by atoms with Crippen LogP contribution in [0.2, 0.25) is 0 Å². The van der Waals surface area contributed by atoms with E-state index in [0.717, 1.165) is 22.5 Å². The fourth-order valence-corrected chi connectivity index (χ4v) is 5.06. The summed E-state index contributed by atoms with van der Waals surface area (Å²) in [5, 5.41) is 0. The molecule has 6 rings (SSSR count). The Morgan fingerprint density at radius 2 is 1.27 bits per heavy atom. The van der Waals surface area contributed by atoms with Crippen LogP contribution < -0.4 is 0 Å². The van der Waals surface area contributed by atoms with E-state index in [1.807, 2.05) is 42.7 Å². The summed E-state index contributed by atoms with van der Waals surface area (Å²) in [7, 11) is 0. The van der Waals surface area contributed by atoms with E-state index in [9.17, 15) is 0 Å². The van der Waals surface area contributed by atoms with Crippen LogP contribution in [0.3, 0.4) is 0 Å². The van der Waals surface area contributed by atoms with Gasteiger partial charge in [-0.2, -0.15) is 0 Å². The zero-order valence-corrected chi connectivity index (χ0v) is 24.3. The molecule has 0 fully saturated rings. The van der Waals surface area contributed by atoms with Crippen LogP contribution in [0.4, 0.5) is 0 Å². The Morgan fingerprint density at radius 1 is 0.649 bits per heavy atom. The molecule has 2 aromatic heterocycles. The summed E-state index contributed by atoms with van der Waals surface area (Å²) in [6.45, 7) is 10.8. The molecule has 37 heavy (non-hydrogen) atoms. The second-order valence-corrected chi connectivity index (χ2v) is 10.0. The van der Waals surface area contributed by atoms with Crippen LogP contribution in [0.15, 0.2) is 91.3 Å². The summed E-state index contributed by atoms with van der Waals surface area (Å²) in [5.74, 6) is 0. The van der Waals surface area contributed by atoms with Crippen molar-refractivity contribution >= 4 is 0 Å². The number of aromatic nitrogens is 2. The molecule has 1 aliphatic rings. The van der Waals surface area contributed by atoms with E-state index in [4.69, 9.17) is 0 Å². The van der Waals surface area contributed by atoms with Crippen molar-refractivity contribution in [3.63, 3.8) is 0 Å². The van der Waals surface area contributed by atoms with Gasteiger partial charge in [0.15, 0.2) is 0 Å². The first-order chi connectivity index (χ1) is 17.3. The van der Waals surface area contributed by atoms with Gasteiger partial charge in [0.25, 0.3) is 0 Å².